The van der Waals surface area contributed by atoms with E-state index < -0.39 is 5.97 Å². The van der Waals surface area contributed by atoms with Crippen molar-refractivity contribution in [3.63, 3.8) is 0 Å². The van der Waals surface area contributed by atoms with Gasteiger partial charge in [-0.1, -0.05) is 31.4 Å². The van der Waals surface area contributed by atoms with Crippen molar-refractivity contribution in [1.29, 1.82) is 0 Å². The molecule has 4 heteroatoms. The predicted octanol–water partition coefficient (Wildman–Crippen LogP) is 4.20. The lowest BCUT2D eigenvalue weighted by Gasteiger charge is -2.27. The summed E-state index contributed by atoms with van der Waals surface area (Å²) < 4.78 is 11.6. The second kappa shape index (κ2) is 7.82. The van der Waals surface area contributed by atoms with Crippen molar-refractivity contribution in [2.24, 2.45) is 11.8 Å². The Balaban J connectivity index is 1.53. The first-order valence-corrected chi connectivity index (χ1v) is 8.79. The predicted molar refractivity (Wildman–Crippen MR) is 87.6 cm³/mol. The molecule has 1 saturated carbocycles. The van der Waals surface area contributed by atoms with Gasteiger partial charge in [0.15, 0.2) is 0 Å². The van der Waals surface area contributed by atoms with E-state index in [9.17, 15) is 4.79 Å². The summed E-state index contributed by atoms with van der Waals surface area (Å²) in [5.41, 5.74) is 1.04. The standard InChI is InChI=1S/C19H26O4/c20-19(21)16-10-11-22-18(12-16)15-6-8-17(9-7-15)23-13-14-4-2-1-3-5-14/h6-9,14,16,18H,1-5,10-13H2,(H,20,21). The zero-order chi connectivity index (χ0) is 16.1. The van der Waals surface area contributed by atoms with Crippen LogP contribution in [0.1, 0.15) is 56.6 Å². The fourth-order valence-corrected chi connectivity index (χ4v) is 3.60. The van der Waals surface area contributed by atoms with Crippen LogP contribution in [0, 0.1) is 11.8 Å². The Morgan fingerprint density at radius 2 is 1.87 bits per heavy atom. The molecule has 1 heterocycles. The third-order valence-corrected chi connectivity index (χ3v) is 5.10. The number of aliphatic carboxylic acids is 1. The van der Waals surface area contributed by atoms with Gasteiger partial charge < -0.3 is 14.6 Å². The molecule has 0 aromatic heterocycles. The van der Waals surface area contributed by atoms with Gasteiger partial charge >= 0.3 is 5.97 Å². The molecule has 0 radical (unpaired) electrons. The Bertz CT molecular complexity index is 505. The lowest BCUT2D eigenvalue weighted by molar-refractivity contribution is -0.147. The van der Waals surface area contributed by atoms with Crippen LogP contribution in [-0.4, -0.2) is 24.3 Å². The van der Waals surface area contributed by atoms with Gasteiger partial charge in [-0.2, -0.15) is 0 Å². The quantitative estimate of drug-likeness (QED) is 0.884. The molecule has 3 rings (SSSR count). The van der Waals surface area contributed by atoms with Gasteiger partial charge in [-0.05, 0) is 49.3 Å². The minimum absolute atomic E-state index is 0.114. The summed E-state index contributed by atoms with van der Waals surface area (Å²) in [6, 6.07) is 7.97. The first-order valence-electron chi connectivity index (χ1n) is 8.79. The highest BCUT2D eigenvalue weighted by molar-refractivity contribution is 5.70. The molecule has 1 aromatic carbocycles. The number of hydrogen-bond donors (Lipinski definition) is 1. The summed E-state index contributed by atoms with van der Waals surface area (Å²) in [5.74, 6) is 0.577. The number of hydrogen-bond acceptors (Lipinski definition) is 3. The number of ether oxygens (including phenoxy) is 2. The first-order chi connectivity index (χ1) is 11.2. The maximum absolute atomic E-state index is 11.1. The number of carboxylic acid groups (broad SMARTS) is 1. The van der Waals surface area contributed by atoms with Crippen LogP contribution in [-0.2, 0) is 9.53 Å². The van der Waals surface area contributed by atoms with Crippen LogP contribution in [0.2, 0.25) is 0 Å². The van der Waals surface area contributed by atoms with Crippen molar-refractivity contribution in [3.8, 4) is 5.75 Å². The van der Waals surface area contributed by atoms with Crippen LogP contribution >= 0.6 is 0 Å². The van der Waals surface area contributed by atoms with E-state index in [1.807, 2.05) is 24.3 Å². The van der Waals surface area contributed by atoms with Gasteiger partial charge in [-0.3, -0.25) is 4.79 Å². The molecule has 2 aliphatic rings. The van der Waals surface area contributed by atoms with E-state index in [0.717, 1.165) is 17.9 Å². The number of carboxylic acids is 1. The maximum atomic E-state index is 11.1. The molecule has 0 spiro atoms. The zero-order valence-electron chi connectivity index (χ0n) is 13.6. The maximum Gasteiger partial charge on any atom is 0.306 e. The van der Waals surface area contributed by atoms with Crippen LogP contribution in [0.15, 0.2) is 24.3 Å². The Hall–Kier alpha value is -1.55. The molecule has 0 amide bonds. The molecular formula is C19H26O4. The van der Waals surface area contributed by atoms with Crippen molar-refractivity contribution < 1.29 is 19.4 Å². The normalized spacial score (nSPS) is 25.9. The molecule has 1 aliphatic heterocycles. The molecule has 2 atom stereocenters. The SMILES string of the molecule is O=C(O)C1CCOC(c2ccc(OCC3CCCCC3)cc2)C1. The van der Waals surface area contributed by atoms with Gasteiger partial charge in [-0.25, -0.2) is 0 Å². The lowest BCUT2D eigenvalue weighted by Crippen LogP contribution is -2.25. The Labute approximate surface area is 137 Å². The molecule has 2 unspecified atom stereocenters. The minimum Gasteiger partial charge on any atom is -0.493 e. The van der Waals surface area contributed by atoms with Gasteiger partial charge in [0.1, 0.15) is 5.75 Å². The third-order valence-electron chi connectivity index (χ3n) is 5.10. The van der Waals surface area contributed by atoms with Crippen molar-refractivity contribution in [1.82, 2.24) is 0 Å². The van der Waals surface area contributed by atoms with Gasteiger partial charge in [0.25, 0.3) is 0 Å². The van der Waals surface area contributed by atoms with E-state index in [1.54, 1.807) is 0 Å². The van der Waals surface area contributed by atoms with E-state index in [4.69, 9.17) is 14.6 Å². The molecule has 4 nitrogen and oxygen atoms in total. The molecule has 1 saturated heterocycles. The molecular weight excluding hydrogens is 292 g/mol. The highest BCUT2D eigenvalue weighted by Crippen LogP contribution is 2.32. The van der Waals surface area contributed by atoms with Crippen molar-refractivity contribution in [2.45, 2.75) is 51.0 Å². The summed E-state index contributed by atoms with van der Waals surface area (Å²) in [7, 11) is 0. The van der Waals surface area contributed by atoms with Crippen molar-refractivity contribution >= 4 is 5.97 Å². The zero-order valence-corrected chi connectivity index (χ0v) is 13.6. The summed E-state index contributed by atoms with van der Waals surface area (Å²) in [4.78, 5) is 11.1. The molecule has 23 heavy (non-hydrogen) atoms. The summed E-state index contributed by atoms with van der Waals surface area (Å²) in [6.45, 7) is 1.32. The van der Waals surface area contributed by atoms with Gasteiger partial charge in [0.05, 0.1) is 18.6 Å². The molecule has 1 aromatic rings. The molecule has 0 bridgehead atoms. The number of carbonyl (C=O) groups is 1. The average Bonchev–Trinajstić information content (AvgIpc) is 2.61. The fourth-order valence-electron chi connectivity index (χ4n) is 3.60. The lowest BCUT2D eigenvalue weighted by atomic mass is 9.90. The van der Waals surface area contributed by atoms with Gasteiger partial charge in [-0.15, -0.1) is 0 Å². The number of rotatable bonds is 5. The van der Waals surface area contributed by atoms with Crippen molar-refractivity contribution in [2.75, 3.05) is 13.2 Å². The van der Waals surface area contributed by atoms with Gasteiger partial charge in [0, 0.05) is 6.61 Å². The van der Waals surface area contributed by atoms with Crippen LogP contribution in [0.4, 0.5) is 0 Å². The van der Waals surface area contributed by atoms with Crippen LogP contribution in [0.25, 0.3) is 0 Å². The Kier molecular flexibility index (Phi) is 5.55. The first kappa shape index (κ1) is 16.3. The Morgan fingerprint density at radius 1 is 1.13 bits per heavy atom. The summed E-state index contributed by atoms with van der Waals surface area (Å²) in [5, 5.41) is 9.17. The molecule has 1 aliphatic carbocycles. The third kappa shape index (κ3) is 4.47. The highest BCUT2D eigenvalue weighted by Gasteiger charge is 2.28. The molecule has 2 fully saturated rings. The minimum atomic E-state index is -0.717. The largest absolute Gasteiger partial charge is 0.493 e. The van der Waals surface area contributed by atoms with Gasteiger partial charge in [0.2, 0.25) is 0 Å². The van der Waals surface area contributed by atoms with Crippen LogP contribution in [0.5, 0.6) is 5.75 Å². The summed E-state index contributed by atoms with van der Waals surface area (Å²) >= 11 is 0. The fraction of sp³-hybridized carbons (Fsp3) is 0.632. The van der Waals surface area contributed by atoms with E-state index in [1.165, 1.54) is 32.1 Å². The van der Waals surface area contributed by atoms with E-state index in [2.05, 4.69) is 0 Å². The van der Waals surface area contributed by atoms with Crippen molar-refractivity contribution in [3.05, 3.63) is 29.8 Å². The highest BCUT2D eigenvalue weighted by atomic mass is 16.5. The average molecular weight is 318 g/mol. The van der Waals surface area contributed by atoms with E-state index in [-0.39, 0.29) is 12.0 Å². The topological polar surface area (TPSA) is 55.8 Å². The number of benzene rings is 1. The van der Waals surface area contributed by atoms with Crippen LogP contribution < -0.4 is 4.74 Å². The summed E-state index contributed by atoms with van der Waals surface area (Å²) in [6.07, 6.45) is 7.63. The monoisotopic (exact) mass is 318 g/mol. The smallest absolute Gasteiger partial charge is 0.306 e. The second-order valence-corrected chi connectivity index (χ2v) is 6.80. The molecule has 126 valence electrons. The molecule has 1 N–H and O–H groups in total. The van der Waals surface area contributed by atoms with E-state index in [0.29, 0.717) is 25.4 Å². The van der Waals surface area contributed by atoms with Crippen LogP contribution in [0.3, 0.4) is 0 Å². The van der Waals surface area contributed by atoms with E-state index >= 15 is 0 Å². The second-order valence-electron chi connectivity index (χ2n) is 6.80. The Morgan fingerprint density at radius 3 is 2.57 bits per heavy atom.